The van der Waals surface area contributed by atoms with Crippen LogP contribution in [0.15, 0.2) is 57.0 Å². The quantitative estimate of drug-likeness (QED) is 0.393. The van der Waals surface area contributed by atoms with Crippen LogP contribution < -0.4 is 16.2 Å². The van der Waals surface area contributed by atoms with E-state index in [2.05, 4.69) is 20.5 Å². The summed E-state index contributed by atoms with van der Waals surface area (Å²) in [5.74, 6) is 1.80. The van der Waals surface area contributed by atoms with Crippen molar-refractivity contribution in [3.05, 3.63) is 58.9 Å². The van der Waals surface area contributed by atoms with Gasteiger partial charge >= 0.3 is 0 Å². The van der Waals surface area contributed by atoms with Gasteiger partial charge in [-0.3, -0.25) is 14.7 Å². The van der Waals surface area contributed by atoms with Gasteiger partial charge in [-0.15, -0.1) is 0 Å². The van der Waals surface area contributed by atoms with Crippen LogP contribution in [0.5, 0.6) is 0 Å². The lowest BCUT2D eigenvalue weighted by atomic mass is 10.2. The highest BCUT2D eigenvalue weighted by molar-refractivity contribution is 5.79. The summed E-state index contributed by atoms with van der Waals surface area (Å²) in [7, 11) is 1.79. The first kappa shape index (κ1) is 20.2. The first-order valence-corrected chi connectivity index (χ1v) is 10.2. The molecular weight excluding hydrogens is 354 g/mol. The lowest BCUT2D eigenvalue weighted by molar-refractivity contribution is 0.215. The van der Waals surface area contributed by atoms with Gasteiger partial charge in [0.25, 0.3) is 0 Å². The molecule has 3 rings (SSSR count). The van der Waals surface area contributed by atoms with Gasteiger partial charge in [0.1, 0.15) is 5.76 Å². The molecule has 1 fully saturated rings. The predicted octanol–water partition coefficient (Wildman–Crippen LogP) is 2.22. The molecule has 1 atom stereocenters. The number of aliphatic imine (C=N–C) groups is 1. The molecule has 2 aromatic heterocycles. The number of guanidine groups is 1. The zero-order valence-electron chi connectivity index (χ0n) is 16.6. The van der Waals surface area contributed by atoms with E-state index in [0.717, 1.165) is 57.3 Å². The molecule has 2 N–H and O–H groups in total. The maximum Gasteiger partial charge on any atom is 0.250 e. The zero-order chi connectivity index (χ0) is 19.6. The Morgan fingerprint density at radius 3 is 2.75 bits per heavy atom. The normalized spacial score (nSPS) is 16.2. The van der Waals surface area contributed by atoms with E-state index in [1.165, 1.54) is 12.8 Å². The molecule has 2 aromatic rings. The summed E-state index contributed by atoms with van der Waals surface area (Å²) < 4.78 is 7.42. The van der Waals surface area contributed by atoms with Gasteiger partial charge in [0.2, 0.25) is 5.56 Å². The lowest BCUT2D eigenvalue weighted by Gasteiger charge is -2.26. The average Bonchev–Trinajstić information content (AvgIpc) is 3.42. The Balaban J connectivity index is 1.41. The van der Waals surface area contributed by atoms with Gasteiger partial charge in [-0.25, -0.2) is 0 Å². The number of nitrogens with one attached hydrogen (secondary N) is 2. The highest BCUT2D eigenvalue weighted by Crippen LogP contribution is 2.24. The molecular formula is C21H31N5O2. The number of aromatic nitrogens is 1. The Bertz CT molecular complexity index is 778. The number of hydrogen-bond donors (Lipinski definition) is 2. The molecule has 0 bridgehead atoms. The minimum absolute atomic E-state index is 0.0545. The van der Waals surface area contributed by atoms with Gasteiger partial charge in [-0.1, -0.05) is 6.07 Å². The molecule has 7 nitrogen and oxygen atoms in total. The predicted molar refractivity (Wildman–Crippen MR) is 112 cm³/mol. The van der Waals surface area contributed by atoms with E-state index in [0.29, 0.717) is 0 Å². The molecule has 0 amide bonds. The minimum atomic E-state index is 0.0545. The SMILES string of the molecule is CN=C(NCCCCn1ccccc1=O)NCC(c1ccco1)N1CCCC1. The first-order chi connectivity index (χ1) is 13.8. The summed E-state index contributed by atoms with van der Waals surface area (Å²) in [6.07, 6.45) is 7.97. The van der Waals surface area contributed by atoms with Crippen molar-refractivity contribution in [2.75, 3.05) is 33.2 Å². The van der Waals surface area contributed by atoms with E-state index < -0.39 is 0 Å². The molecule has 1 aliphatic rings. The second kappa shape index (κ2) is 10.7. The number of nitrogens with zero attached hydrogens (tertiary/aromatic N) is 3. The summed E-state index contributed by atoms with van der Waals surface area (Å²) in [6, 6.07) is 9.48. The van der Waals surface area contributed by atoms with Crippen molar-refractivity contribution in [1.29, 1.82) is 0 Å². The van der Waals surface area contributed by atoms with Gasteiger partial charge in [0.05, 0.1) is 12.3 Å². The number of unbranched alkanes of at least 4 members (excludes halogenated alkanes) is 1. The monoisotopic (exact) mass is 385 g/mol. The van der Waals surface area contributed by atoms with Crippen molar-refractivity contribution in [2.45, 2.75) is 38.3 Å². The second-order valence-electron chi connectivity index (χ2n) is 7.09. The number of aryl methyl sites for hydroxylation is 1. The summed E-state index contributed by atoms with van der Waals surface area (Å²) in [6.45, 7) is 4.53. The minimum Gasteiger partial charge on any atom is -0.468 e. The Kier molecular flexibility index (Phi) is 7.72. The molecule has 1 saturated heterocycles. The van der Waals surface area contributed by atoms with Crippen molar-refractivity contribution in [3.63, 3.8) is 0 Å². The fourth-order valence-electron chi connectivity index (χ4n) is 3.62. The van der Waals surface area contributed by atoms with Crippen LogP contribution in [-0.4, -0.2) is 48.7 Å². The number of pyridine rings is 1. The molecule has 0 radical (unpaired) electrons. The standard InChI is InChI=1S/C21H31N5O2/c1-22-21(23-11-3-5-15-26-14-4-2-10-20(26)27)24-17-18(19-9-8-16-28-19)25-12-6-7-13-25/h2,4,8-10,14,16,18H,3,5-7,11-13,15,17H2,1H3,(H2,22,23,24). The van der Waals surface area contributed by atoms with Crippen LogP contribution in [0.3, 0.4) is 0 Å². The summed E-state index contributed by atoms with van der Waals surface area (Å²) in [5, 5.41) is 6.80. The smallest absolute Gasteiger partial charge is 0.250 e. The van der Waals surface area contributed by atoms with Crippen molar-refractivity contribution in [3.8, 4) is 0 Å². The van der Waals surface area contributed by atoms with E-state index in [4.69, 9.17) is 4.42 Å². The number of furan rings is 1. The third-order valence-electron chi connectivity index (χ3n) is 5.16. The molecule has 1 aliphatic heterocycles. The van der Waals surface area contributed by atoms with Gasteiger partial charge in [0.15, 0.2) is 5.96 Å². The van der Waals surface area contributed by atoms with Crippen LogP contribution >= 0.6 is 0 Å². The van der Waals surface area contributed by atoms with Gasteiger partial charge in [0, 0.05) is 38.9 Å². The van der Waals surface area contributed by atoms with Crippen molar-refractivity contribution in [2.24, 2.45) is 4.99 Å². The molecule has 1 unspecified atom stereocenters. The van der Waals surface area contributed by atoms with E-state index in [1.807, 2.05) is 24.4 Å². The molecule has 0 aromatic carbocycles. The Labute approximate surface area is 166 Å². The van der Waals surface area contributed by atoms with Crippen LogP contribution in [0.2, 0.25) is 0 Å². The fourth-order valence-corrected chi connectivity index (χ4v) is 3.62. The summed E-state index contributed by atoms with van der Waals surface area (Å²) >= 11 is 0. The van der Waals surface area contributed by atoms with Crippen molar-refractivity contribution >= 4 is 5.96 Å². The fraction of sp³-hybridized carbons (Fsp3) is 0.524. The van der Waals surface area contributed by atoms with Crippen LogP contribution in [0.1, 0.15) is 37.5 Å². The van der Waals surface area contributed by atoms with Gasteiger partial charge < -0.3 is 19.6 Å². The zero-order valence-corrected chi connectivity index (χ0v) is 16.6. The third kappa shape index (κ3) is 5.73. The highest BCUT2D eigenvalue weighted by Gasteiger charge is 2.25. The molecule has 0 spiro atoms. The average molecular weight is 386 g/mol. The molecule has 28 heavy (non-hydrogen) atoms. The number of likely N-dealkylation sites (tertiary alicyclic amines) is 1. The van der Waals surface area contributed by atoms with E-state index in [1.54, 1.807) is 30.0 Å². The third-order valence-corrected chi connectivity index (χ3v) is 5.16. The largest absolute Gasteiger partial charge is 0.468 e. The van der Waals surface area contributed by atoms with E-state index >= 15 is 0 Å². The molecule has 3 heterocycles. The van der Waals surface area contributed by atoms with Crippen molar-refractivity contribution in [1.82, 2.24) is 20.1 Å². The topological polar surface area (TPSA) is 74.8 Å². The Hall–Kier alpha value is -2.54. The van der Waals surface area contributed by atoms with Crippen molar-refractivity contribution < 1.29 is 4.42 Å². The maximum atomic E-state index is 11.7. The van der Waals surface area contributed by atoms with Gasteiger partial charge in [-0.05, 0) is 57.0 Å². The van der Waals surface area contributed by atoms with Gasteiger partial charge in [-0.2, -0.15) is 0 Å². The Morgan fingerprint density at radius 1 is 1.18 bits per heavy atom. The van der Waals surface area contributed by atoms with Crippen LogP contribution in [0, 0.1) is 0 Å². The maximum absolute atomic E-state index is 11.7. The number of hydrogen-bond acceptors (Lipinski definition) is 4. The molecule has 152 valence electrons. The summed E-state index contributed by atoms with van der Waals surface area (Å²) in [5.41, 5.74) is 0.0545. The Morgan fingerprint density at radius 2 is 2.04 bits per heavy atom. The van der Waals surface area contributed by atoms with E-state index in [-0.39, 0.29) is 11.6 Å². The van der Waals surface area contributed by atoms with E-state index in [9.17, 15) is 4.79 Å². The molecule has 0 aliphatic carbocycles. The second-order valence-corrected chi connectivity index (χ2v) is 7.09. The summed E-state index contributed by atoms with van der Waals surface area (Å²) in [4.78, 5) is 18.5. The lowest BCUT2D eigenvalue weighted by Crippen LogP contribution is -2.42. The van der Waals surface area contributed by atoms with Crippen LogP contribution in [-0.2, 0) is 6.54 Å². The molecule has 0 saturated carbocycles. The van der Waals surface area contributed by atoms with Crippen LogP contribution in [0.4, 0.5) is 0 Å². The molecule has 7 heteroatoms. The highest BCUT2D eigenvalue weighted by atomic mass is 16.3. The number of rotatable bonds is 9. The first-order valence-electron chi connectivity index (χ1n) is 10.2. The van der Waals surface area contributed by atoms with Crippen LogP contribution in [0.25, 0.3) is 0 Å².